The van der Waals surface area contributed by atoms with Gasteiger partial charge in [-0.25, -0.2) is 4.98 Å². The van der Waals surface area contributed by atoms with E-state index in [9.17, 15) is 4.79 Å². The number of carbonyl (C=O) groups excluding carboxylic acids is 1. The number of rotatable bonds is 3. The molecular weight excluding hydrogens is 204 g/mol. The minimum Gasteiger partial charge on any atom is -0.346 e. The molecule has 0 saturated carbocycles. The number of aromatic nitrogens is 2. The molecule has 5 nitrogen and oxygen atoms in total. The fourth-order valence-electron chi connectivity index (χ4n) is 2.13. The van der Waals surface area contributed by atoms with Gasteiger partial charge in [-0.05, 0) is 13.3 Å². The highest BCUT2D eigenvalue weighted by Gasteiger charge is 2.28. The SMILES string of the molecule is Cc1cnc([C@@H]2CCN(C(=O)CCN)C2)[nH]1. The highest BCUT2D eigenvalue weighted by molar-refractivity contribution is 5.76. The molecular formula is C11H18N4O. The maximum atomic E-state index is 11.6. The van der Waals surface area contributed by atoms with Gasteiger partial charge in [0.15, 0.2) is 0 Å². The summed E-state index contributed by atoms with van der Waals surface area (Å²) in [7, 11) is 0. The third-order valence-electron chi connectivity index (χ3n) is 3.01. The zero-order valence-corrected chi connectivity index (χ0v) is 9.57. The number of hydrogen-bond acceptors (Lipinski definition) is 3. The van der Waals surface area contributed by atoms with Crippen LogP contribution in [-0.2, 0) is 4.79 Å². The number of amides is 1. The lowest BCUT2D eigenvalue weighted by Gasteiger charge is -2.15. The van der Waals surface area contributed by atoms with Crippen molar-refractivity contribution in [1.82, 2.24) is 14.9 Å². The van der Waals surface area contributed by atoms with Crippen molar-refractivity contribution < 1.29 is 4.79 Å². The summed E-state index contributed by atoms with van der Waals surface area (Å²) in [5.74, 6) is 1.52. The molecule has 16 heavy (non-hydrogen) atoms. The Morgan fingerprint density at radius 3 is 3.19 bits per heavy atom. The fourth-order valence-corrected chi connectivity index (χ4v) is 2.13. The summed E-state index contributed by atoms with van der Waals surface area (Å²) in [4.78, 5) is 21.1. The van der Waals surface area contributed by atoms with E-state index in [-0.39, 0.29) is 5.91 Å². The summed E-state index contributed by atoms with van der Waals surface area (Å²) in [6, 6.07) is 0. The number of nitrogens with two attached hydrogens (primary N) is 1. The van der Waals surface area contributed by atoms with Crippen LogP contribution >= 0.6 is 0 Å². The molecule has 1 aliphatic heterocycles. The van der Waals surface area contributed by atoms with Gasteiger partial charge in [0.2, 0.25) is 5.91 Å². The Hall–Kier alpha value is -1.36. The maximum absolute atomic E-state index is 11.6. The molecule has 0 bridgehead atoms. The van der Waals surface area contributed by atoms with Crippen molar-refractivity contribution in [1.29, 1.82) is 0 Å². The van der Waals surface area contributed by atoms with E-state index in [2.05, 4.69) is 9.97 Å². The average molecular weight is 222 g/mol. The van der Waals surface area contributed by atoms with Gasteiger partial charge in [-0.15, -0.1) is 0 Å². The van der Waals surface area contributed by atoms with E-state index < -0.39 is 0 Å². The zero-order chi connectivity index (χ0) is 11.5. The quantitative estimate of drug-likeness (QED) is 0.776. The Balaban J connectivity index is 1.95. The Labute approximate surface area is 95.0 Å². The minimum atomic E-state index is 0.160. The lowest BCUT2D eigenvalue weighted by molar-refractivity contribution is -0.129. The molecule has 1 aromatic rings. The van der Waals surface area contributed by atoms with Crippen LogP contribution in [-0.4, -0.2) is 40.4 Å². The van der Waals surface area contributed by atoms with Crippen molar-refractivity contribution in [2.45, 2.75) is 25.7 Å². The van der Waals surface area contributed by atoms with Crippen LogP contribution in [0.1, 0.15) is 30.3 Å². The fraction of sp³-hybridized carbons (Fsp3) is 0.636. The summed E-state index contributed by atoms with van der Waals surface area (Å²) < 4.78 is 0. The molecule has 1 saturated heterocycles. The summed E-state index contributed by atoms with van der Waals surface area (Å²) in [5.41, 5.74) is 6.45. The molecule has 0 unspecified atom stereocenters. The molecule has 1 amide bonds. The molecule has 0 aliphatic carbocycles. The van der Waals surface area contributed by atoms with Gasteiger partial charge in [0, 0.05) is 43.9 Å². The van der Waals surface area contributed by atoms with E-state index in [0.717, 1.165) is 31.0 Å². The van der Waals surface area contributed by atoms with E-state index in [1.807, 2.05) is 18.0 Å². The van der Waals surface area contributed by atoms with Crippen LogP contribution in [0.5, 0.6) is 0 Å². The molecule has 0 radical (unpaired) electrons. The lowest BCUT2D eigenvalue weighted by atomic mass is 10.1. The molecule has 2 rings (SSSR count). The second-order valence-corrected chi connectivity index (χ2v) is 4.32. The average Bonchev–Trinajstić information content (AvgIpc) is 2.85. The van der Waals surface area contributed by atoms with Crippen molar-refractivity contribution in [2.24, 2.45) is 5.73 Å². The normalized spacial score (nSPS) is 20.4. The molecule has 1 fully saturated rings. The van der Waals surface area contributed by atoms with Gasteiger partial charge >= 0.3 is 0 Å². The molecule has 3 N–H and O–H groups in total. The number of H-pyrrole nitrogens is 1. The predicted molar refractivity (Wildman–Crippen MR) is 60.9 cm³/mol. The zero-order valence-electron chi connectivity index (χ0n) is 9.57. The van der Waals surface area contributed by atoms with Gasteiger partial charge in [0.1, 0.15) is 5.82 Å². The van der Waals surface area contributed by atoms with Crippen molar-refractivity contribution in [3.05, 3.63) is 17.7 Å². The Bertz CT molecular complexity index is 374. The summed E-state index contributed by atoms with van der Waals surface area (Å²) in [5, 5.41) is 0. The van der Waals surface area contributed by atoms with E-state index in [1.165, 1.54) is 0 Å². The van der Waals surface area contributed by atoms with Crippen molar-refractivity contribution in [3.8, 4) is 0 Å². The number of hydrogen-bond donors (Lipinski definition) is 2. The van der Waals surface area contributed by atoms with Crippen LogP contribution < -0.4 is 5.73 Å². The molecule has 88 valence electrons. The van der Waals surface area contributed by atoms with Gasteiger partial charge in [-0.1, -0.05) is 0 Å². The molecule has 1 aliphatic rings. The number of likely N-dealkylation sites (tertiary alicyclic amines) is 1. The summed E-state index contributed by atoms with van der Waals surface area (Å²) in [6.07, 6.45) is 3.27. The van der Waals surface area contributed by atoms with Crippen LogP contribution in [0.25, 0.3) is 0 Å². The van der Waals surface area contributed by atoms with Crippen LogP contribution in [0.4, 0.5) is 0 Å². The van der Waals surface area contributed by atoms with E-state index >= 15 is 0 Å². The van der Waals surface area contributed by atoms with E-state index in [0.29, 0.717) is 18.9 Å². The number of nitrogens with one attached hydrogen (secondary N) is 1. The van der Waals surface area contributed by atoms with Crippen LogP contribution in [0.15, 0.2) is 6.20 Å². The van der Waals surface area contributed by atoms with Gasteiger partial charge < -0.3 is 15.6 Å². The standard InChI is InChI=1S/C11H18N4O/c1-8-6-13-11(14-8)9-3-5-15(7-9)10(16)2-4-12/h6,9H,2-5,7,12H2,1H3,(H,13,14)/t9-/m1/s1. The summed E-state index contributed by atoms with van der Waals surface area (Å²) in [6.45, 7) is 4.01. The summed E-state index contributed by atoms with van der Waals surface area (Å²) >= 11 is 0. The van der Waals surface area contributed by atoms with Crippen molar-refractivity contribution >= 4 is 5.91 Å². The second-order valence-electron chi connectivity index (χ2n) is 4.32. The predicted octanol–water partition coefficient (Wildman–Crippen LogP) is 0.383. The first-order valence-corrected chi connectivity index (χ1v) is 5.70. The van der Waals surface area contributed by atoms with Gasteiger partial charge in [0.25, 0.3) is 0 Å². The van der Waals surface area contributed by atoms with Crippen LogP contribution in [0, 0.1) is 6.92 Å². The Morgan fingerprint density at radius 1 is 1.75 bits per heavy atom. The first-order chi connectivity index (χ1) is 7.70. The largest absolute Gasteiger partial charge is 0.346 e. The topological polar surface area (TPSA) is 75.0 Å². The molecule has 0 spiro atoms. The minimum absolute atomic E-state index is 0.160. The first kappa shape index (κ1) is 11.1. The van der Waals surface area contributed by atoms with Crippen LogP contribution in [0.3, 0.4) is 0 Å². The lowest BCUT2D eigenvalue weighted by Crippen LogP contribution is -2.30. The monoisotopic (exact) mass is 222 g/mol. The smallest absolute Gasteiger partial charge is 0.223 e. The molecule has 1 aromatic heterocycles. The molecule has 5 heteroatoms. The Morgan fingerprint density at radius 2 is 2.56 bits per heavy atom. The number of nitrogens with zero attached hydrogens (tertiary/aromatic N) is 2. The number of carbonyl (C=O) groups is 1. The van der Waals surface area contributed by atoms with Crippen LogP contribution in [0.2, 0.25) is 0 Å². The molecule has 2 heterocycles. The maximum Gasteiger partial charge on any atom is 0.223 e. The number of aromatic amines is 1. The second kappa shape index (κ2) is 4.65. The Kier molecular flexibility index (Phi) is 3.24. The van der Waals surface area contributed by atoms with Gasteiger partial charge in [0.05, 0.1) is 0 Å². The molecule has 1 atom stereocenters. The van der Waals surface area contributed by atoms with Crippen molar-refractivity contribution in [3.63, 3.8) is 0 Å². The highest BCUT2D eigenvalue weighted by Crippen LogP contribution is 2.25. The van der Waals surface area contributed by atoms with E-state index in [1.54, 1.807) is 0 Å². The third-order valence-corrected chi connectivity index (χ3v) is 3.01. The molecule has 0 aromatic carbocycles. The number of aryl methyl sites for hydroxylation is 1. The third kappa shape index (κ3) is 2.24. The van der Waals surface area contributed by atoms with E-state index in [4.69, 9.17) is 5.73 Å². The first-order valence-electron chi connectivity index (χ1n) is 5.70. The van der Waals surface area contributed by atoms with Crippen molar-refractivity contribution in [2.75, 3.05) is 19.6 Å². The number of imidazole rings is 1. The highest BCUT2D eigenvalue weighted by atomic mass is 16.2. The van der Waals surface area contributed by atoms with Gasteiger partial charge in [-0.3, -0.25) is 4.79 Å². The van der Waals surface area contributed by atoms with Gasteiger partial charge in [-0.2, -0.15) is 0 Å².